The van der Waals surface area contributed by atoms with Crippen LogP contribution < -0.4 is 15.0 Å². The third-order valence-corrected chi connectivity index (χ3v) is 5.20. The van der Waals surface area contributed by atoms with Crippen molar-refractivity contribution in [2.45, 2.75) is 18.9 Å². The number of carboxylic acids is 2. The maximum Gasteiger partial charge on any atom is 0.414 e. The fourth-order valence-corrected chi connectivity index (χ4v) is 3.52. The Kier molecular flexibility index (Phi) is 9.44. The minimum atomic E-state index is -1.82. The van der Waals surface area contributed by atoms with Crippen LogP contribution in [-0.4, -0.2) is 96.3 Å². The van der Waals surface area contributed by atoms with Gasteiger partial charge in [0.2, 0.25) is 5.91 Å². The van der Waals surface area contributed by atoms with Crippen molar-refractivity contribution in [3.63, 3.8) is 0 Å². The molecule has 0 spiro atoms. The Morgan fingerprint density at radius 2 is 1.94 bits per heavy atom. The smallest absolute Gasteiger partial charge is 0.414 e. The van der Waals surface area contributed by atoms with Crippen LogP contribution in [-0.2, 0) is 14.4 Å². The Hall–Kier alpha value is -3.85. The summed E-state index contributed by atoms with van der Waals surface area (Å²) in [6.45, 7) is 3.19. The van der Waals surface area contributed by atoms with Gasteiger partial charge in [0.15, 0.2) is 0 Å². The van der Waals surface area contributed by atoms with Crippen LogP contribution in [0.4, 0.5) is 10.5 Å². The van der Waals surface area contributed by atoms with Crippen LogP contribution in [0.2, 0.25) is 0 Å². The topological polar surface area (TPSA) is 164 Å². The normalized spacial score (nSPS) is 17.3. The van der Waals surface area contributed by atoms with Gasteiger partial charge < -0.3 is 30.1 Å². The summed E-state index contributed by atoms with van der Waals surface area (Å²) in [6, 6.07) is 9.29. The van der Waals surface area contributed by atoms with Crippen LogP contribution >= 0.6 is 0 Å². The molecule has 2 fully saturated rings. The van der Waals surface area contributed by atoms with Gasteiger partial charge >= 0.3 is 18.0 Å². The minimum absolute atomic E-state index is 0.0412. The Labute approximate surface area is 190 Å². The maximum absolute atomic E-state index is 12.6. The third-order valence-electron chi connectivity index (χ3n) is 5.20. The largest absolute Gasteiger partial charge is 0.497 e. The number of nitriles is 1. The molecule has 1 aromatic rings. The number of amides is 3. The lowest BCUT2D eigenvalue weighted by molar-refractivity contribution is -0.159. The van der Waals surface area contributed by atoms with Gasteiger partial charge in [-0.3, -0.25) is 9.69 Å². The van der Waals surface area contributed by atoms with E-state index in [1.54, 1.807) is 21.8 Å². The molecule has 12 heteroatoms. The van der Waals surface area contributed by atoms with Crippen LogP contribution in [0.3, 0.4) is 0 Å². The van der Waals surface area contributed by atoms with Gasteiger partial charge in [-0.05, 0) is 25.0 Å². The second kappa shape index (κ2) is 12.3. The number of aliphatic carboxylic acids is 2. The molecule has 2 aliphatic heterocycles. The number of urea groups is 1. The average molecular weight is 461 g/mol. The number of methoxy groups -OCH3 is 1. The quantitative estimate of drug-likeness (QED) is 0.380. The molecule has 0 saturated carbocycles. The number of carbonyl (C=O) groups is 4. The first-order valence-corrected chi connectivity index (χ1v) is 10.3. The molecular weight excluding hydrogens is 434 g/mol. The van der Waals surface area contributed by atoms with E-state index in [1.165, 1.54) is 0 Å². The molecule has 0 aromatic heterocycles. The molecule has 1 aromatic carbocycles. The summed E-state index contributed by atoms with van der Waals surface area (Å²) in [7, 11) is 1.60. The van der Waals surface area contributed by atoms with E-state index in [0.29, 0.717) is 32.7 Å². The van der Waals surface area contributed by atoms with Crippen LogP contribution in [0.1, 0.15) is 12.8 Å². The van der Waals surface area contributed by atoms with E-state index in [-0.39, 0.29) is 24.5 Å². The number of ether oxygens (including phenoxy) is 1. The van der Waals surface area contributed by atoms with Crippen molar-refractivity contribution < 1.29 is 34.1 Å². The van der Waals surface area contributed by atoms with Crippen LogP contribution in [0.25, 0.3) is 0 Å². The minimum Gasteiger partial charge on any atom is -0.497 e. The molecule has 3 amide bonds. The molecule has 2 saturated heterocycles. The van der Waals surface area contributed by atoms with Gasteiger partial charge in [-0.1, -0.05) is 6.07 Å². The van der Waals surface area contributed by atoms with Crippen molar-refractivity contribution >= 4 is 29.6 Å². The van der Waals surface area contributed by atoms with E-state index in [2.05, 4.69) is 11.4 Å². The number of benzene rings is 1. The number of rotatable bonds is 7. The standard InChI is InChI=1S/C19H25N5O3.C2H2O4/c1-27-17-6-2-4-15(12-17)24-11-10-22(19(24)26)9-7-21-14-18(25)23-8-3-5-16(23)13-20;3-1(4)2(5)6/h2,4,6,12,16,21H,3,5,7-11,14H2,1H3;(H,3,4)(H,5,6)/t16-;/m0./s1. The second-order valence-electron chi connectivity index (χ2n) is 7.28. The summed E-state index contributed by atoms with van der Waals surface area (Å²) in [5.74, 6) is -2.98. The van der Waals surface area contributed by atoms with Crippen molar-refractivity contribution in [1.29, 1.82) is 5.26 Å². The van der Waals surface area contributed by atoms with E-state index in [0.717, 1.165) is 24.3 Å². The fraction of sp³-hybridized carbons (Fsp3) is 0.476. The summed E-state index contributed by atoms with van der Waals surface area (Å²) >= 11 is 0. The first kappa shape index (κ1) is 25.4. The first-order chi connectivity index (χ1) is 15.8. The zero-order valence-corrected chi connectivity index (χ0v) is 18.3. The molecular formula is C21H27N5O7. The zero-order valence-electron chi connectivity index (χ0n) is 18.3. The molecule has 3 N–H and O–H groups in total. The molecule has 33 heavy (non-hydrogen) atoms. The molecule has 1 atom stereocenters. The lowest BCUT2D eigenvalue weighted by Crippen LogP contribution is -2.43. The highest BCUT2D eigenvalue weighted by molar-refractivity contribution is 6.27. The van der Waals surface area contributed by atoms with Crippen LogP contribution in [0.5, 0.6) is 5.75 Å². The number of carboxylic acid groups (broad SMARTS) is 2. The maximum atomic E-state index is 12.6. The monoisotopic (exact) mass is 461 g/mol. The third kappa shape index (κ3) is 7.08. The van der Waals surface area contributed by atoms with Gasteiger partial charge in [-0.2, -0.15) is 5.26 Å². The number of carbonyl (C=O) groups excluding carboxylic acids is 2. The van der Waals surface area contributed by atoms with Gasteiger partial charge in [0.05, 0.1) is 19.7 Å². The zero-order chi connectivity index (χ0) is 24.4. The Bertz CT molecular complexity index is 905. The number of hydrogen-bond donors (Lipinski definition) is 3. The summed E-state index contributed by atoms with van der Waals surface area (Å²) in [4.78, 5) is 48.1. The predicted molar refractivity (Wildman–Crippen MR) is 116 cm³/mol. The number of nitrogens with one attached hydrogen (secondary N) is 1. The number of anilines is 1. The highest BCUT2D eigenvalue weighted by Gasteiger charge is 2.30. The van der Waals surface area contributed by atoms with E-state index in [4.69, 9.17) is 29.8 Å². The highest BCUT2D eigenvalue weighted by Crippen LogP contribution is 2.24. The van der Waals surface area contributed by atoms with Crippen molar-refractivity contribution in [2.75, 3.05) is 51.3 Å². The van der Waals surface area contributed by atoms with E-state index < -0.39 is 11.9 Å². The molecule has 2 heterocycles. The predicted octanol–water partition coefficient (Wildman–Crippen LogP) is 0.197. The van der Waals surface area contributed by atoms with Crippen LogP contribution in [0, 0.1) is 11.3 Å². The van der Waals surface area contributed by atoms with Gasteiger partial charge in [0.1, 0.15) is 11.8 Å². The lowest BCUT2D eigenvalue weighted by Gasteiger charge is -2.21. The molecule has 0 unspecified atom stereocenters. The summed E-state index contributed by atoms with van der Waals surface area (Å²) in [6.07, 6.45) is 1.64. The SMILES string of the molecule is COc1cccc(N2CCN(CCNCC(=O)N3CCC[C@H]3C#N)C2=O)c1.O=C(O)C(=O)O. The number of hydrogen-bond acceptors (Lipinski definition) is 7. The van der Waals surface area contributed by atoms with Gasteiger partial charge in [-0.15, -0.1) is 0 Å². The number of nitrogens with zero attached hydrogens (tertiary/aromatic N) is 4. The molecule has 178 valence electrons. The molecule has 0 aliphatic carbocycles. The lowest BCUT2D eigenvalue weighted by atomic mass is 10.2. The number of likely N-dealkylation sites (tertiary alicyclic amines) is 1. The molecule has 12 nitrogen and oxygen atoms in total. The van der Waals surface area contributed by atoms with Crippen molar-refractivity contribution in [3.8, 4) is 11.8 Å². The van der Waals surface area contributed by atoms with Crippen molar-refractivity contribution in [3.05, 3.63) is 24.3 Å². The second-order valence-corrected chi connectivity index (χ2v) is 7.28. The summed E-state index contributed by atoms with van der Waals surface area (Å²) in [5.41, 5.74) is 0.821. The van der Waals surface area contributed by atoms with Crippen molar-refractivity contribution in [2.24, 2.45) is 0 Å². The fourth-order valence-electron chi connectivity index (χ4n) is 3.52. The summed E-state index contributed by atoms with van der Waals surface area (Å²) < 4.78 is 5.22. The van der Waals surface area contributed by atoms with Gasteiger partial charge in [0.25, 0.3) is 0 Å². The first-order valence-electron chi connectivity index (χ1n) is 10.3. The summed E-state index contributed by atoms with van der Waals surface area (Å²) in [5, 5.41) is 26.9. The van der Waals surface area contributed by atoms with Crippen LogP contribution in [0.15, 0.2) is 24.3 Å². The highest BCUT2D eigenvalue weighted by atomic mass is 16.5. The van der Waals surface area contributed by atoms with E-state index >= 15 is 0 Å². The Morgan fingerprint density at radius 1 is 1.21 bits per heavy atom. The molecule has 2 aliphatic rings. The van der Waals surface area contributed by atoms with E-state index in [1.807, 2.05) is 24.3 Å². The molecule has 3 rings (SSSR count). The Morgan fingerprint density at radius 3 is 2.58 bits per heavy atom. The van der Waals surface area contributed by atoms with Crippen molar-refractivity contribution in [1.82, 2.24) is 15.1 Å². The Balaban J connectivity index is 0.000000569. The van der Waals surface area contributed by atoms with Gasteiger partial charge in [-0.25, -0.2) is 14.4 Å². The molecule has 0 bridgehead atoms. The van der Waals surface area contributed by atoms with Gasteiger partial charge in [0, 0.05) is 44.5 Å². The molecule has 0 radical (unpaired) electrons. The van der Waals surface area contributed by atoms with E-state index in [9.17, 15) is 9.59 Å². The average Bonchev–Trinajstić information content (AvgIpc) is 3.43.